The summed E-state index contributed by atoms with van der Waals surface area (Å²) in [5.41, 5.74) is 2.86. The van der Waals surface area contributed by atoms with E-state index in [0.29, 0.717) is 28.3 Å². The van der Waals surface area contributed by atoms with E-state index in [1.165, 1.54) is 0 Å². The van der Waals surface area contributed by atoms with Gasteiger partial charge in [0.2, 0.25) is 0 Å². The third-order valence-electron chi connectivity index (χ3n) is 4.64. The summed E-state index contributed by atoms with van der Waals surface area (Å²) in [5.74, 6) is 0.759. The quantitative estimate of drug-likeness (QED) is 0.424. The monoisotopic (exact) mass is 401 g/mol. The van der Waals surface area contributed by atoms with Crippen molar-refractivity contribution in [2.24, 2.45) is 5.92 Å². The molecule has 2 aromatic carbocycles. The van der Waals surface area contributed by atoms with Crippen molar-refractivity contribution >= 4 is 11.9 Å². The molecule has 0 bridgehead atoms. The molecule has 0 saturated carbocycles. The lowest BCUT2D eigenvalue weighted by Crippen LogP contribution is -2.08. The number of carbonyl (C=O) groups excluding carboxylic acids is 1. The highest BCUT2D eigenvalue weighted by atomic mass is 16.5. The van der Waals surface area contributed by atoms with Crippen LogP contribution in [0, 0.1) is 17.2 Å². The number of methoxy groups -OCH3 is 2. The number of Topliss-reactive ketones (excluding diaryl/α,β-unsaturated/α-hetero) is 1. The lowest BCUT2D eigenvalue weighted by molar-refractivity contribution is -0.117. The van der Waals surface area contributed by atoms with E-state index in [9.17, 15) is 10.1 Å². The van der Waals surface area contributed by atoms with E-state index in [4.69, 9.17) is 14.6 Å². The molecule has 152 valence electrons. The van der Waals surface area contributed by atoms with Crippen molar-refractivity contribution in [3.63, 3.8) is 0 Å². The van der Waals surface area contributed by atoms with Crippen LogP contribution in [-0.2, 0) is 4.79 Å². The van der Waals surface area contributed by atoms with Crippen LogP contribution in [0.3, 0.4) is 0 Å². The Morgan fingerprint density at radius 3 is 2.47 bits per heavy atom. The first-order valence-corrected chi connectivity index (χ1v) is 9.52. The zero-order valence-corrected chi connectivity index (χ0v) is 17.4. The molecule has 1 aromatic heterocycles. The van der Waals surface area contributed by atoms with Crippen molar-refractivity contribution in [3.8, 4) is 34.5 Å². The molecule has 0 aliphatic rings. The molecule has 0 radical (unpaired) electrons. The summed E-state index contributed by atoms with van der Waals surface area (Å²) < 4.78 is 12.6. The lowest BCUT2D eigenvalue weighted by Gasteiger charge is -2.10. The summed E-state index contributed by atoms with van der Waals surface area (Å²) >= 11 is 0. The van der Waals surface area contributed by atoms with Crippen LogP contribution in [0.2, 0.25) is 0 Å². The molecule has 0 unspecified atom stereocenters. The van der Waals surface area contributed by atoms with Crippen LogP contribution >= 0.6 is 0 Å². The van der Waals surface area contributed by atoms with E-state index in [0.717, 1.165) is 5.69 Å². The van der Waals surface area contributed by atoms with Crippen molar-refractivity contribution in [1.82, 2.24) is 9.78 Å². The minimum Gasteiger partial charge on any atom is -0.497 e. The Morgan fingerprint density at radius 1 is 1.13 bits per heavy atom. The van der Waals surface area contributed by atoms with Gasteiger partial charge in [0.15, 0.2) is 5.78 Å². The van der Waals surface area contributed by atoms with Crippen molar-refractivity contribution in [1.29, 1.82) is 5.26 Å². The predicted octanol–water partition coefficient (Wildman–Crippen LogP) is 4.69. The zero-order chi connectivity index (χ0) is 21.7. The molecule has 0 aliphatic carbocycles. The molecule has 6 heteroatoms. The Labute approximate surface area is 176 Å². The summed E-state index contributed by atoms with van der Waals surface area (Å²) in [7, 11) is 3.17. The van der Waals surface area contributed by atoms with Crippen LogP contribution in [0.25, 0.3) is 23.0 Å². The minimum absolute atomic E-state index is 0.0840. The van der Waals surface area contributed by atoms with Crippen LogP contribution in [0.5, 0.6) is 11.5 Å². The second-order valence-electron chi connectivity index (χ2n) is 6.97. The number of benzene rings is 2. The van der Waals surface area contributed by atoms with Gasteiger partial charge in [0.25, 0.3) is 0 Å². The lowest BCUT2D eigenvalue weighted by atomic mass is 9.98. The molecule has 1 heterocycles. The largest absolute Gasteiger partial charge is 0.497 e. The minimum atomic E-state index is -0.283. The highest BCUT2D eigenvalue weighted by Crippen LogP contribution is 2.36. The predicted molar refractivity (Wildman–Crippen MR) is 116 cm³/mol. The van der Waals surface area contributed by atoms with Gasteiger partial charge in [0, 0.05) is 23.2 Å². The van der Waals surface area contributed by atoms with Crippen molar-refractivity contribution in [3.05, 3.63) is 65.9 Å². The van der Waals surface area contributed by atoms with Crippen LogP contribution in [-0.4, -0.2) is 29.8 Å². The highest BCUT2D eigenvalue weighted by Gasteiger charge is 2.19. The Balaban J connectivity index is 2.25. The SMILES string of the molecule is COc1ccc(OC)c(-c2nn(-c3ccccc3)cc2/C=C(/C#N)C(=O)C(C)C)c1. The van der Waals surface area contributed by atoms with E-state index >= 15 is 0 Å². The third kappa shape index (κ3) is 4.26. The van der Waals surface area contributed by atoms with Crippen LogP contribution in [0.4, 0.5) is 0 Å². The number of carbonyl (C=O) groups is 1. The molecule has 0 spiro atoms. The fraction of sp³-hybridized carbons (Fsp3) is 0.208. The molecule has 0 fully saturated rings. The van der Waals surface area contributed by atoms with Gasteiger partial charge in [-0.3, -0.25) is 4.79 Å². The van der Waals surface area contributed by atoms with E-state index in [1.807, 2.05) is 42.5 Å². The molecule has 6 nitrogen and oxygen atoms in total. The molecule has 0 N–H and O–H groups in total. The molecule has 3 aromatic rings. The summed E-state index contributed by atoms with van der Waals surface area (Å²) in [6, 6.07) is 17.1. The van der Waals surface area contributed by atoms with Crippen molar-refractivity contribution < 1.29 is 14.3 Å². The Morgan fingerprint density at radius 2 is 1.87 bits per heavy atom. The third-order valence-corrected chi connectivity index (χ3v) is 4.64. The first-order chi connectivity index (χ1) is 14.5. The maximum atomic E-state index is 12.5. The number of para-hydroxylation sites is 1. The van der Waals surface area contributed by atoms with Crippen LogP contribution in [0.1, 0.15) is 19.4 Å². The summed E-state index contributed by atoms with van der Waals surface area (Å²) in [6.45, 7) is 3.54. The van der Waals surface area contributed by atoms with E-state index in [2.05, 4.69) is 0 Å². The smallest absolute Gasteiger partial charge is 0.175 e. The van der Waals surface area contributed by atoms with Gasteiger partial charge in [-0.15, -0.1) is 0 Å². The number of ether oxygens (including phenoxy) is 2. The molecule has 3 rings (SSSR count). The fourth-order valence-electron chi connectivity index (χ4n) is 3.04. The molecular formula is C24H23N3O3. The number of aromatic nitrogens is 2. The topological polar surface area (TPSA) is 77.1 Å². The zero-order valence-electron chi connectivity index (χ0n) is 17.4. The number of rotatable bonds is 7. The Hall–Kier alpha value is -3.85. The van der Waals surface area contributed by atoms with Gasteiger partial charge in [-0.05, 0) is 36.4 Å². The average molecular weight is 401 g/mol. The van der Waals surface area contributed by atoms with Crippen LogP contribution in [0.15, 0.2) is 60.3 Å². The van der Waals surface area contributed by atoms with Gasteiger partial charge in [0.05, 0.1) is 25.5 Å². The number of nitrogens with zero attached hydrogens (tertiary/aromatic N) is 3. The number of hydrogen-bond donors (Lipinski definition) is 0. The summed E-state index contributed by atoms with van der Waals surface area (Å²) in [6.07, 6.45) is 3.39. The number of nitriles is 1. The van der Waals surface area contributed by atoms with Crippen molar-refractivity contribution in [2.75, 3.05) is 14.2 Å². The fourth-order valence-corrected chi connectivity index (χ4v) is 3.04. The standard InChI is InChI=1S/C24H23N3O3/c1-16(2)24(28)17(14-25)12-18-15-27(19-8-6-5-7-9-19)26-23(18)21-13-20(29-3)10-11-22(21)30-4/h5-13,15-16H,1-4H3/b17-12-. The molecule has 30 heavy (non-hydrogen) atoms. The molecule has 0 atom stereocenters. The summed E-state index contributed by atoms with van der Waals surface area (Å²) in [4.78, 5) is 12.5. The molecule has 0 aliphatic heterocycles. The van der Waals surface area contributed by atoms with Gasteiger partial charge in [0.1, 0.15) is 23.3 Å². The van der Waals surface area contributed by atoms with Gasteiger partial charge in [-0.2, -0.15) is 10.4 Å². The van der Waals surface area contributed by atoms with Gasteiger partial charge < -0.3 is 9.47 Å². The normalized spacial score (nSPS) is 11.3. The van der Waals surface area contributed by atoms with Gasteiger partial charge >= 0.3 is 0 Å². The first-order valence-electron chi connectivity index (χ1n) is 9.52. The molecular weight excluding hydrogens is 378 g/mol. The first kappa shape index (κ1) is 20.9. The molecule has 0 amide bonds. The van der Waals surface area contributed by atoms with E-state index in [1.54, 1.807) is 57.2 Å². The number of allylic oxidation sites excluding steroid dienone is 1. The van der Waals surface area contributed by atoms with Crippen molar-refractivity contribution in [2.45, 2.75) is 13.8 Å². The second kappa shape index (κ2) is 9.10. The molecule has 0 saturated heterocycles. The second-order valence-corrected chi connectivity index (χ2v) is 6.97. The van der Waals surface area contributed by atoms with Gasteiger partial charge in [-0.1, -0.05) is 32.0 Å². The van der Waals surface area contributed by atoms with E-state index in [-0.39, 0.29) is 17.3 Å². The average Bonchev–Trinajstić information content (AvgIpc) is 3.20. The number of hydrogen-bond acceptors (Lipinski definition) is 5. The number of ketones is 1. The van der Waals surface area contributed by atoms with E-state index < -0.39 is 0 Å². The van der Waals surface area contributed by atoms with Crippen LogP contribution < -0.4 is 9.47 Å². The Bertz CT molecular complexity index is 1120. The highest BCUT2D eigenvalue weighted by molar-refractivity contribution is 6.04. The summed E-state index contributed by atoms with van der Waals surface area (Å²) in [5, 5.41) is 14.3. The van der Waals surface area contributed by atoms with Gasteiger partial charge in [-0.25, -0.2) is 4.68 Å². The maximum Gasteiger partial charge on any atom is 0.175 e. The Kier molecular flexibility index (Phi) is 6.33. The maximum absolute atomic E-state index is 12.5.